The number of methoxy groups -OCH3 is 1. The third-order valence-corrected chi connectivity index (χ3v) is 6.38. The molecule has 1 aliphatic heterocycles. The molecule has 8 nitrogen and oxygen atoms in total. The van der Waals surface area contributed by atoms with Crippen molar-refractivity contribution >= 4 is 40.6 Å². The van der Waals surface area contributed by atoms with E-state index in [-0.39, 0.29) is 0 Å². The molecule has 2 aromatic carbocycles. The fourth-order valence-electron chi connectivity index (χ4n) is 4.10. The van der Waals surface area contributed by atoms with Crippen LogP contribution in [0.4, 0.5) is 17.3 Å². The summed E-state index contributed by atoms with van der Waals surface area (Å²) >= 11 is 5.62. The van der Waals surface area contributed by atoms with Gasteiger partial charge in [0.05, 0.1) is 7.11 Å². The quantitative estimate of drug-likeness (QED) is 0.301. The van der Waals surface area contributed by atoms with E-state index < -0.39 is 0 Å². The zero-order chi connectivity index (χ0) is 25.7. The second kappa shape index (κ2) is 11.3. The van der Waals surface area contributed by atoms with Crippen molar-refractivity contribution in [1.29, 1.82) is 0 Å². The normalized spacial score (nSPS) is 14.0. The third kappa shape index (κ3) is 6.48. The molecular formula is C27H33N7OS. The number of aromatic nitrogens is 2. The highest BCUT2D eigenvalue weighted by Gasteiger charge is 2.22. The second-order valence-electron chi connectivity index (χ2n) is 8.94. The van der Waals surface area contributed by atoms with E-state index in [1.165, 1.54) is 16.8 Å². The summed E-state index contributed by atoms with van der Waals surface area (Å²) < 4.78 is 5.29. The highest BCUT2D eigenvalue weighted by molar-refractivity contribution is 7.80. The number of rotatable bonds is 4. The lowest BCUT2D eigenvalue weighted by molar-refractivity contribution is 0.385. The predicted octanol–water partition coefficient (Wildman–Crippen LogP) is 4.71. The van der Waals surface area contributed by atoms with E-state index in [0.29, 0.717) is 17.0 Å². The molecule has 0 spiro atoms. The van der Waals surface area contributed by atoms with Crippen LogP contribution >= 0.6 is 12.2 Å². The highest BCUT2D eigenvalue weighted by Crippen LogP contribution is 2.21. The SMILES string of the molecule is COc1ccc(N2CCN(/C(=N\C(=S)Nc3ccc(C)c(C)c3)Nc3nc(C)cc(C)n3)CC2)cc1. The van der Waals surface area contributed by atoms with Gasteiger partial charge in [-0.05, 0) is 93.5 Å². The molecule has 0 amide bonds. The van der Waals surface area contributed by atoms with Crippen LogP contribution in [0.15, 0.2) is 53.5 Å². The molecule has 188 valence electrons. The Hall–Kier alpha value is -3.72. The number of nitrogens with one attached hydrogen (secondary N) is 2. The van der Waals surface area contributed by atoms with Crippen LogP contribution in [0.2, 0.25) is 0 Å². The number of anilines is 3. The Labute approximate surface area is 218 Å². The molecule has 0 bridgehead atoms. The molecule has 0 saturated carbocycles. The maximum Gasteiger partial charge on any atom is 0.229 e. The van der Waals surface area contributed by atoms with Crippen molar-refractivity contribution in [2.75, 3.05) is 48.8 Å². The highest BCUT2D eigenvalue weighted by atomic mass is 32.1. The average molecular weight is 504 g/mol. The summed E-state index contributed by atoms with van der Waals surface area (Å²) in [7, 11) is 1.68. The monoisotopic (exact) mass is 503 g/mol. The van der Waals surface area contributed by atoms with Crippen molar-refractivity contribution < 1.29 is 4.74 Å². The number of benzene rings is 2. The largest absolute Gasteiger partial charge is 0.497 e. The first-order valence-corrected chi connectivity index (χ1v) is 12.4. The maximum atomic E-state index is 5.62. The molecule has 4 rings (SSSR count). The molecule has 0 atom stereocenters. The number of thiocarbonyl (C=S) groups is 1. The van der Waals surface area contributed by atoms with Gasteiger partial charge in [-0.15, -0.1) is 0 Å². The van der Waals surface area contributed by atoms with E-state index in [1.807, 2.05) is 38.1 Å². The second-order valence-corrected chi connectivity index (χ2v) is 9.32. The number of nitrogens with zero attached hydrogens (tertiary/aromatic N) is 5. The van der Waals surface area contributed by atoms with Crippen LogP contribution in [0.3, 0.4) is 0 Å². The summed E-state index contributed by atoms with van der Waals surface area (Å²) in [6.07, 6.45) is 0. The number of aryl methyl sites for hydroxylation is 4. The standard InChI is InChI=1S/C27H33N7OS/c1-18-6-7-22(16-19(18)2)30-27(36)32-26(31-25-28-20(3)17-21(4)29-25)34-14-12-33(13-15-34)23-8-10-24(35-5)11-9-23/h6-11,16-17H,12-15H2,1-5H3,(H2,28,29,30,31,32,36). The van der Waals surface area contributed by atoms with Crippen LogP contribution in [-0.2, 0) is 0 Å². The van der Waals surface area contributed by atoms with Gasteiger partial charge in [-0.1, -0.05) is 6.07 Å². The number of ether oxygens (including phenoxy) is 1. The third-order valence-electron chi connectivity index (χ3n) is 6.19. The van der Waals surface area contributed by atoms with Crippen LogP contribution in [0.25, 0.3) is 0 Å². The van der Waals surface area contributed by atoms with Crippen molar-refractivity contribution in [2.24, 2.45) is 4.99 Å². The Balaban J connectivity index is 1.52. The fraction of sp³-hybridized carbons (Fsp3) is 0.333. The molecule has 1 aromatic heterocycles. The van der Waals surface area contributed by atoms with E-state index in [4.69, 9.17) is 21.9 Å². The van der Waals surface area contributed by atoms with Gasteiger partial charge in [0.2, 0.25) is 17.0 Å². The molecule has 0 aliphatic carbocycles. The van der Waals surface area contributed by atoms with Gasteiger partial charge in [-0.25, -0.2) is 9.97 Å². The number of guanidine groups is 1. The topological polar surface area (TPSA) is 77.9 Å². The summed E-state index contributed by atoms with van der Waals surface area (Å²) in [6.45, 7) is 11.3. The van der Waals surface area contributed by atoms with E-state index >= 15 is 0 Å². The number of hydrogen-bond acceptors (Lipinski definition) is 5. The van der Waals surface area contributed by atoms with Gasteiger partial charge < -0.3 is 19.9 Å². The van der Waals surface area contributed by atoms with Crippen LogP contribution in [0.5, 0.6) is 5.75 Å². The zero-order valence-corrected chi connectivity index (χ0v) is 22.3. The van der Waals surface area contributed by atoms with Crippen molar-refractivity contribution in [3.63, 3.8) is 0 Å². The van der Waals surface area contributed by atoms with Crippen molar-refractivity contribution in [3.8, 4) is 5.75 Å². The van der Waals surface area contributed by atoms with E-state index in [0.717, 1.165) is 49.0 Å². The Morgan fingerprint density at radius 2 is 1.53 bits per heavy atom. The van der Waals surface area contributed by atoms with Crippen LogP contribution in [-0.4, -0.2) is 59.2 Å². The minimum absolute atomic E-state index is 0.378. The smallest absolute Gasteiger partial charge is 0.229 e. The number of aliphatic imine (C=N–C) groups is 1. The van der Waals surface area contributed by atoms with E-state index in [9.17, 15) is 0 Å². The Morgan fingerprint density at radius 1 is 0.861 bits per heavy atom. The molecule has 2 N–H and O–H groups in total. The van der Waals surface area contributed by atoms with E-state index in [2.05, 4.69) is 68.5 Å². The lowest BCUT2D eigenvalue weighted by atomic mass is 10.1. The Bertz CT molecular complexity index is 1230. The molecule has 2 heterocycles. The molecule has 1 saturated heterocycles. The van der Waals surface area contributed by atoms with Crippen LogP contribution in [0.1, 0.15) is 22.5 Å². The summed E-state index contributed by atoms with van der Waals surface area (Å²) in [5.74, 6) is 2.00. The van der Waals surface area contributed by atoms with Gasteiger partial charge in [0, 0.05) is 48.9 Å². The average Bonchev–Trinajstić information content (AvgIpc) is 2.85. The van der Waals surface area contributed by atoms with Crippen LogP contribution in [0, 0.1) is 27.7 Å². The summed E-state index contributed by atoms with van der Waals surface area (Å²) in [5.41, 5.74) is 6.31. The number of piperazine rings is 1. The molecule has 3 aromatic rings. The van der Waals surface area contributed by atoms with Crippen molar-refractivity contribution in [2.45, 2.75) is 27.7 Å². The number of hydrogen-bond donors (Lipinski definition) is 2. The van der Waals surface area contributed by atoms with Crippen LogP contribution < -0.4 is 20.3 Å². The molecular weight excluding hydrogens is 470 g/mol. The first-order chi connectivity index (χ1) is 17.3. The fourth-order valence-corrected chi connectivity index (χ4v) is 4.30. The summed E-state index contributed by atoms with van der Waals surface area (Å²) in [4.78, 5) is 18.4. The van der Waals surface area contributed by atoms with E-state index in [1.54, 1.807) is 7.11 Å². The van der Waals surface area contributed by atoms with Gasteiger partial charge in [0.1, 0.15) is 5.75 Å². The molecule has 1 aliphatic rings. The molecule has 0 radical (unpaired) electrons. The van der Waals surface area contributed by atoms with Gasteiger partial charge in [-0.3, -0.25) is 5.32 Å². The maximum absolute atomic E-state index is 5.62. The first kappa shape index (κ1) is 25.4. The van der Waals surface area contributed by atoms with Gasteiger partial charge in [0.15, 0.2) is 0 Å². The van der Waals surface area contributed by atoms with Crippen molar-refractivity contribution in [3.05, 3.63) is 71.0 Å². The minimum Gasteiger partial charge on any atom is -0.497 e. The van der Waals surface area contributed by atoms with Gasteiger partial charge in [0.25, 0.3) is 0 Å². The molecule has 0 unspecified atom stereocenters. The molecule has 36 heavy (non-hydrogen) atoms. The Kier molecular flexibility index (Phi) is 8.00. The summed E-state index contributed by atoms with van der Waals surface area (Å²) in [6, 6.07) is 16.3. The Morgan fingerprint density at radius 3 is 2.14 bits per heavy atom. The van der Waals surface area contributed by atoms with Gasteiger partial charge in [-0.2, -0.15) is 4.99 Å². The van der Waals surface area contributed by atoms with Gasteiger partial charge >= 0.3 is 0 Å². The van der Waals surface area contributed by atoms with Crippen molar-refractivity contribution in [1.82, 2.24) is 14.9 Å². The lowest BCUT2D eigenvalue weighted by Crippen LogP contribution is -2.51. The molecule has 1 fully saturated rings. The molecule has 9 heteroatoms. The first-order valence-electron chi connectivity index (χ1n) is 12.0. The predicted molar refractivity (Wildman–Crippen MR) is 151 cm³/mol. The lowest BCUT2D eigenvalue weighted by Gasteiger charge is -2.37. The zero-order valence-electron chi connectivity index (χ0n) is 21.5. The summed E-state index contributed by atoms with van der Waals surface area (Å²) in [5, 5.41) is 6.95. The minimum atomic E-state index is 0.378.